The van der Waals surface area contributed by atoms with Crippen LogP contribution < -0.4 is 14.2 Å². The van der Waals surface area contributed by atoms with Gasteiger partial charge in [0.15, 0.2) is 17.1 Å². The molecule has 0 aliphatic carbocycles. The summed E-state index contributed by atoms with van der Waals surface area (Å²) in [7, 11) is 1.14. The highest BCUT2D eigenvalue weighted by Gasteiger charge is 2.34. The van der Waals surface area contributed by atoms with E-state index in [1.165, 1.54) is 0 Å². The van der Waals surface area contributed by atoms with Crippen LogP contribution in [0, 0.1) is 10.1 Å². The molecule has 8 nitrogen and oxygen atoms in total. The maximum absolute atomic E-state index is 11.8. The molecule has 0 saturated heterocycles. The van der Waals surface area contributed by atoms with Crippen molar-refractivity contribution < 1.29 is 28.7 Å². The van der Waals surface area contributed by atoms with E-state index in [2.05, 4.69) is 4.74 Å². The van der Waals surface area contributed by atoms with E-state index in [1.807, 2.05) is 0 Å². The predicted octanol–water partition coefficient (Wildman–Crippen LogP) is 1.94. The zero-order valence-electron chi connectivity index (χ0n) is 11.9. The molecule has 0 amide bonds. The van der Waals surface area contributed by atoms with Crippen LogP contribution in [0.4, 0.5) is 5.69 Å². The van der Waals surface area contributed by atoms with Crippen molar-refractivity contribution in [1.82, 2.24) is 0 Å². The van der Waals surface area contributed by atoms with Crippen molar-refractivity contribution in [2.45, 2.75) is 20.0 Å². The first kappa shape index (κ1) is 14.9. The van der Waals surface area contributed by atoms with E-state index in [-0.39, 0.29) is 42.1 Å². The van der Waals surface area contributed by atoms with Gasteiger partial charge in [0.1, 0.15) is 13.2 Å². The van der Waals surface area contributed by atoms with Crippen molar-refractivity contribution in [2.75, 3.05) is 20.3 Å². The van der Waals surface area contributed by atoms with Gasteiger partial charge in [-0.25, -0.2) is 4.79 Å². The van der Waals surface area contributed by atoms with Crippen LogP contribution in [0.25, 0.3) is 0 Å². The molecule has 0 fully saturated rings. The first-order valence-corrected chi connectivity index (χ1v) is 6.31. The van der Waals surface area contributed by atoms with Crippen LogP contribution in [-0.4, -0.2) is 37.3 Å². The van der Waals surface area contributed by atoms with Crippen molar-refractivity contribution in [1.29, 1.82) is 0 Å². The number of carbonyl (C=O) groups is 1. The van der Waals surface area contributed by atoms with E-state index < -0.39 is 16.6 Å². The number of hydrogen-bond donors (Lipinski definition) is 0. The molecule has 1 heterocycles. The maximum atomic E-state index is 11.8. The van der Waals surface area contributed by atoms with Gasteiger partial charge in [0, 0.05) is 0 Å². The summed E-state index contributed by atoms with van der Waals surface area (Å²) in [6.07, 6.45) is -0.219. The molecule has 0 aromatic heterocycles. The third kappa shape index (κ3) is 2.83. The summed E-state index contributed by atoms with van der Waals surface area (Å²) < 4.78 is 20.9. The molecule has 0 radical (unpaired) electrons. The van der Waals surface area contributed by atoms with E-state index in [4.69, 9.17) is 14.2 Å². The van der Waals surface area contributed by atoms with Gasteiger partial charge in [-0.3, -0.25) is 10.1 Å². The lowest BCUT2D eigenvalue weighted by molar-refractivity contribution is -0.385. The predicted molar refractivity (Wildman–Crippen MR) is 71.2 cm³/mol. The van der Waals surface area contributed by atoms with E-state index in [9.17, 15) is 14.9 Å². The monoisotopic (exact) mass is 297 g/mol. The number of ether oxygens (including phenoxy) is 4. The molecule has 0 saturated carbocycles. The molecule has 2 rings (SSSR count). The number of fused-ring (bicyclic) bond motifs is 1. The average molecular weight is 297 g/mol. The van der Waals surface area contributed by atoms with Gasteiger partial charge in [-0.2, -0.15) is 0 Å². The minimum atomic E-state index is -0.862. The number of nitro benzene ring substituents is 1. The molecule has 1 aliphatic heterocycles. The number of carbonyl (C=O) groups excluding carboxylic acids is 1. The molecule has 1 aromatic carbocycles. The zero-order chi connectivity index (χ0) is 15.6. The molecule has 0 atom stereocenters. The Labute approximate surface area is 120 Å². The van der Waals surface area contributed by atoms with Crippen LogP contribution in [0.3, 0.4) is 0 Å². The normalized spacial score (nSPS) is 13.0. The van der Waals surface area contributed by atoms with Gasteiger partial charge in [-0.1, -0.05) is 0 Å². The Hall–Kier alpha value is -2.51. The lowest BCUT2D eigenvalue weighted by atomic mass is 10.1. The SMILES string of the molecule is COC(=O)c1c([N+](=O)[O-])cc(OC(C)C)c2c1OCCO2. The van der Waals surface area contributed by atoms with Gasteiger partial charge in [0.2, 0.25) is 5.75 Å². The summed E-state index contributed by atoms with van der Waals surface area (Å²) >= 11 is 0. The zero-order valence-corrected chi connectivity index (χ0v) is 11.9. The Morgan fingerprint density at radius 1 is 1.33 bits per heavy atom. The van der Waals surface area contributed by atoms with E-state index in [0.717, 1.165) is 13.2 Å². The largest absolute Gasteiger partial charge is 0.487 e. The number of nitrogens with zero attached hydrogens (tertiary/aromatic N) is 1. The van der Waals surface area contributed by atoms with E-state index in [0.29, 0.717) is 0 Å². The molecule has 1 aromatic rings. The number of methoxy groups -OCH3 is 1. The second-order valence-corrected chi connectivity index (χ2v) is 4.54. The van der Waals surface area contributed by atoms with Crippen LogP contribution in [0.15, 0.2) is 6.07 Å². The molecule has 0 spiro atoms. The molecular formula is C13H15NO7. The highest BCUT2D eigenvalue weighted by atomic mass is 16.6. The number of hydrogen-bond acceptors (Lipinski definition) is 7. The smallest absolute Gasteiger partial charge is 0.348 e. The van der Waals surface area contributed by atoms with Crippen molar-refractivity contribution >= 4 is 11.7 Å². The summed E-state index contributed by atoms with van der Waals surface area (Å²) in [5, 5.41) is 11.2. The van der Waals surface area contributed by atoms with Gasteiger partial charge in [0.05, 0.1) is 24.2 Å². The van der Waals surface area contributed by atoms with Crippen LogP contribution in [0.5, 0.6) is 17.2 Å². The molecule has 1 aliphatic rings. The van der Waals surface area contributed by atoms with Crippen LogP contribution in [0.2, 0.25) is 0 Å². The summed E-state index contributed by atoms with van der Waals surface area (Å²) in [5.41, 5.74) is -0.713. The number of nitro groups is 1. The minimum absolute atomic E-state index is 0.0158. The molecule has 0 unspecified atom stereocenters. The van der Waals surface area contributed by atoms with E-state index in [1.54, 1.807) is 13.8 Å². The fraction of sp³-hybridized carbons (Fsp3) is 0.462. The second kappa shape index (κ2) is 5.86. The number of esters is 1. The molecule has 0 N–H and O–H groups in total. The second-order valence-electron chi connectivity index (χ2n) is 4.54. The molecular weight excluding hydrogens is 282 g/mol. The summed E-state index contributed by atoms with van der Waals surface area (Å²) in [6, 6.07) is 1.15. The number of benzene rings is 1. The average Bonchev–Trinajstić information content (AvgIpc) is 2.45. The molecule has 21 heavy (non-hydrogen) atoms. The van der Waals surface area contributed by atoms with Crippen molar-refractivity contribution in [3.8, 4) is 17.2 Å². The maximum Gasteiger partial charge on any atom is 0.348 e. The van der Waals surface area contributed by atoms with Crippen molar-refractivity contribution in [2.24, 2.45) is 0 Å². The van der Waals surface area contributed by atoms with Gasteiger partial charge in [-0.15, -0.1) is 0 Å². The summed E-state index contributed by atoms with van der Waals surface area (Å²) in [6.45, 7) is 3.99. The lowest BCUT2D eigenvalue weighted by Crippen LogP contribution is -2.21. The Balaban J connectivity index is 2.69. The summed E-state index contributed by atoms with van der Waals surface area (Å²) in [5.74, 6) is -0.530. The van der Waals surface area contributed by atoms with Gasteiger partial charge >= 0.3 is 5.97 Å². The standard InChI is InChI=1S/C13H15NO7/c1-7(2)21-9-6-8(14(16)17)10(13(15)18-3)12-11(9)19-4-5-20-12/h6-7H,4-5H2,1-3H3. The third-order valence-electron chi connectivity index (χ3n) is 2.71. The van der Waals surface area contributed by atoms with Crippen LogP contribution in [0.1, 0.15) is 24.2 Å². The van der Waals surface area contributed by atoms with Crippen LogP contribution in [-0.2, 0) is 4.74 Å². The number of rotatable bonds is 4. The van der Waals surface area contributed by atoms with Gasteiger partial charge in [0.25, 0.3) is 5.69 Å². The van der Waals surface area contributed by atoms with Crippen molar-refractivity contribution in [3.05, 3.63) is 21.7 Å². The Morgan fingerprint density at radius 2 is 1.95 bits per heavy atom. The quantitative estimate of drug-likeness (QED) is 0.476. The van der Waals surface area contributed by atoms with Crippen molar-refractivity contribution in [3.63, 3.8) is 0 Å². The van der Waals surface area contributed by atoms with Crippen LogP contribution >= 0.6 is 0 Å². The molecule has 0 bridgehead atoms. The topological polar surface area (TPSA) is 97.1 Å². The highest BCUT2D eigenvalue weighted by Crippen LogP contribution is 2.47. The Bertz CT molecular complexity index is 582. The Morgan fingerprint density at radius 3 is 2.48 bits per heavy atom. The van der Waals surface area contributed by atoms with Gasteiger partial charge in [-0.05, 0) is 13.8 Å². The highest BCUT2D eigenvalue weighted by molar-refractivity contribution is 5.99. The molecule has 114 valence electrons. The summed E-state index contributed by atoms with van der Waals surface area (Å²) in [4.78, 5) is 22.4. The fourth-order valence-electron chi connectivity index (χ4n) is 1.95. The minimum Gasteiger partial charge on any atom is -0.487 e. The van der Waals surface area contributed by atoms with E-state index >= 15 is 0 Å². The lowest BCUT2D eigenvalue weighted by Gasteiger charge is -2.23. The first-order valence-electron chi connectivity index (χ1n) is 6.31. The van der Waals surface area contributed by atoms with Gasteiger partial charge < -0.3 is 18.9 Å². The Kier molecular flexibility index (Phi) is 4.15. The fourth-order valence-corrected chi connectivity index (χ4v) is 1.95. The first-order chi connectivity index (χ1) is 9.95. The third-order valence-corrected chi connectivity index (χ3v) is 2.71. The molecule has 8 heteroatoms.